The van der Waals surface area contributed by atoms with Crippen molar-refractivity contribution in [1.29, 1.82) is 0 Å². The molecular formula is C11H14BrN3O3S2. The molecule has 2 rings (SSSR count). The van der Waals surface area contributed by atoms with Crippen LogP contribution in [0.3, 0.4) is 0 Å². The quantitative estimate of drug-likeness (QED) is 0.765. The highest BCUT2D eigenvalue weighted by molar-refractivity contribution is 9.10. The summed E-state index contributed by atoms with van der Waals surface area (Å²) in [6, 6.07) is 1.51. The van der Waals surface area contributed by atoms with Crippen LogP contribution in [0.1, 0.15) is 11.5 Å². The molecule has 0 atom stereocenters. The molecule has 0 amide bonds. The van der Waals surface area contributed by atoms with Crippen LogP contribution >= 0.6 is 27.3 Å². The summed E-state index contributed by atoms with van der Waals surface area (Å²) in [6.45, 7) is 0.762. The molecule has 0 aromatic carbocycles. The van der Waals surface area contributed by atoms with Crippen molar-refractivity contribution in [2.75, 3.05) is 13.6 Å². The number of thiazole rings is 1. The molecule has 0 radical (unpaired) electrons. The molecular weight excluding hydrogens is 366 g/mol. The molecule has 110 valence electrons. The zero-order valence-electron chi connectivity index (χ0n) is 10.7. The SMILES string of the molecule is CNCc1cc(S(=O)(=O)NCCc2cscn2)c(Br)o1. The van der Waals surface area contributed by atoms with Gasteiger partial charge in [0.05, 0.1) is 17.7 Å². The number of aromatic nitrogens is 1. The predicted molar refractivity (Wildman–Crippen MR) is 80.2 cm³/mol. The molecule has 20 heavy (non-hydrogen) atoms. The third-order valence-electron chi connectivity index (χ3n) is 2.50. The molecule has 0 fully saturated rings. The van der Waals surface area contributed by atoms with Crippen molar-refractivity contribution in [3.8, 4) is 0 Å². The largest absolute Gasteiger partial charge is 0.452 e. The highest BCUT2D eigenvalue weighted by atomic mass is 79.9. The van der Waals surface area contributed by atoms with Crippen LogP contribution in [0.4, 0.5) is 0 Å². The average Bonchev–Trinajstić information content (AvgIpc) is 2.99. The van der Waals surface area contributed by atoms with Gasteiger partial charge in [0.15, 0.2) is 4.67 Å². The van der Waals surface area contributed by atoms with E-state index in [2.05, 4.69) is 31.0 Å². The molecule has 0 unspecified atom stereocenters. The van der Waals surface area contributed by atoms with Crippen LogP contribution in [0.2, 0.25) is 0 Å². The number of nitrogens with one attached hydrogen (secondary N) is 2. The van der Waals surface area contributed by atoms with E-state index in [4.69, 9.17) is 4.42 Å². The van der Waals surface area contributed by atoms with E-state index >= 15 is 0 Å². The Balaban J connectivity index is 2.02. The summed E-state index contributed by atoms with van der Waals surface area (Å²) in [4.78, 5) is 4.21. The first-order chi connectivity index (χ1) is 9.53. The molecule has 2 N–H and O–H groups in total. The lowest BCUT2D eigenvalue weighted by atomic mass is 10.3. The van der Waals surface area contributed by atoms with Crippen molar-refractivity contribution >= 4 is 37.3 Å². The maximum atomic E-state index is 12.2. The second-order valence-electron chi connectivity index (χ2n) is 4.01. The first kappa shape index (κ1) is 15.6. The van der Waals surface area contributed by atoms with E-state index in [1.807, 2.05) is 5.38 Å². The zero-order valence-corrected chi connectivity index (χ0v) is 13.9. The van der Waals surface area contributed by atoms with Crippen LogP contribution in [0, 0.1) is 0 Å². The topological polar surface area (TPSA) is 84.2 Å². The molecule has 2 aromatic heterocycles. The summed E-state index contributed by atoms with van der Waals surface area (Å²) < 4.78 is 32.4. The van der Waals surface area contributed by atoms with Crippen LogP contribution < -0.4 is 10.0 Å². The van der Waals surface area contributed by atoms with Gasteiger partial charge in [0.1, 0.15) is 10.7 Å². The van der Waals surface area contributed by atoms with Crippen molar-refractivity contribution in [1.82, 2.24) is 15.0 Å². The third kappa shape index (κ3) is 3.89. The fraction of sp³-hybridized carbons (Fsp3) is 0.364. The Bertz CT molecular complexity index is 653. The summed E-state index contributed by atoms with van der Waals surface area (Å²) in [5.41, 5.74) is 2.60. The lowest BCUT2D eigenvalue weighted by molar-refractivity contribution is 0.470. The summed E-state index contributed by atoms with van der Waals surface area (Å²) >= 11 is 4.62. The molecule has 2 heterocycles. The van der Waals surface area contributed by atoms with E-state index in [-0.39, 0.29) is 9.56 Å². The lowest BCUT2D eigenvalue weighted by Crippen LogP contribution is -2.26. The Morgan fingerprint density at radius 1 is 1.50 bits per heavy atom. The summed E-state index contributed by atoms with van der Waals surface area (Å²) in [5, 5.41) is 4.80. The van der Waals surface area contributed by atoms with E-state index in [0.29, 0.717) is 25.3 Å². The van der Waals surface area contributed by atoms with E-state index in [0.717, 1.165) is 5.69 Å². The smallest absolute Gasteiger partial charge is 0.244 e. The van der Waals surface area contributed by atoms with Gasteiger partial charge in [-0.1, -0.05) is 0 Å². The number of rotatable bonds is 7. The highest BCUT2D eigenvalue weighted by Crippen LogP contribution is 2.25. The first-order valence-electron chi connectivity index (χ1n) is 5.82. The van der Waals surface area contributed by atoms with Gasteiger partial charge in [0.25, 0.3) is 0 Å². The molecule has 0 spiro atoms. The zero-order chi connectivity index (χ0) is 14.6. The van der Waals surface area contributed by atoms with Gasteiger partial charge < -0.3 is 9.73 Å². The second kappa shape index (κ2) is 6.81. The van der Waals surface area contributed by atoms with E-state index in [1.54, 1.807) is 12.6 Å². The van der Waals surface area contributed by atoms with Gasteiger partial charge >= 0.3 is 0 Å². The van der Waals surface area contributed by atoms with Crippen LogP contribution in [0.25, 0.3) is 0 Å². The van der Waals surface area contributed by atoms with Gasteiger partial charge in [-0.25, -0.2) is 18.1 Å². The van der Waals surface area contributed by atoms with Gasteiger partial charge in [-0.2, -0.15) is 0 Å². The van der Waals surface area contributed by atoms with Crippen molar-refractivity contribution < 1.29 is 12.8 Å². The van der Waals surface area contributed by atoms with Crippen LogP contribution in [-0.4, -0.2) is 27.0 Å². The van der Waals surface area contributed by atoms with Gasteiger partial charge in [0, 0.05) is 24.4 Å². The van der Waals surface area contributed by atoms with Crippen LogP contribution in [0.5, 0.6) is 0 Å². The van der Waals surface area contributed by atoms with Gasteiger partial charge in [-0.3, -0.25) is 0 Å². The van der Waals surface area contributed by atoms with Crippen molar-refractivity contribution in [2.45, 2.75) is 17.9 Å². The molecule has 0 saturated carbocycles. The number of halogens is 1. The van der Waals surface area contributed by atoms with E-state index in [9.17, 15) is 8.42 Å². The molecule has 9 heteroatoms. The van der Waals surface area contributed by atoms with Gasteiger partial charge in [-0.15, -0.1) is 11.3 Å². The first-order valence-corrected chi connectivity index (χ1v) is 9.04. The standard InChI is InChI=1S/C11H14BrN3O3S2/c1-13-5-9-4-10(11(12)18-9)20(16,17)15-3-2-8-6-19-7-14-8/h4,6-7,13,15H,2-3,5H2,1H3. The Morgan fingerprint density at radius 3 is 2.95 bits per heavy atom. The summed E-state index contributed by atoms with van der Waals surface area (Å²) in [5.74, 6) is 0.555. The third-order valence-corrected chi connectivity index (χ3v) is 5.46. The van der Waals surface area contributed by atoms with E-state index in [1.165, 1.54) is 17.4 Å². The molecule has 0 aliphatic carbocycles. The van der Waals surface area contributed by atoms with Crippen molar-refractivity contribution in [3.63, 3.8) is 0 Å². The maximum absolute atomic E-state index is 12.2. The average molecular weight is 380 g/mol. The number of hydrogen-bond donors (Lipinski definition) is 2. The number of furan rings is 1. The Labute approximate surface area is 129 Å². The maximum Gasteiger partial charge on any atom is 0.244 e. The lowest BCUT2D eigenvalue weighted by Gasteiger charge is -2.03. The van der Waals surface area contributed by atoms with Gasteiger partial charge in [0.2, 0.25) is 10.0 Å². The number of sulfonamides is 1. The minimum Gasteiger partial charge on any atom is -0.452 e. The van der Waals surface area contributed by atoms with Crippen LogP contribution in [0.15, 0.2) is 30.9 Å². The number of hydrogen-bond acceptors (Lipinski definition) is 6. The Kier molecular flexibility index (Phi) is 5.33. The van der Waals surface area contributed by atoms with Crippen molar-refractivity contribution in [2.24, 2.45) is 0 Å². The normalized spacial score (nSPS) is 11.9. The van der Waals surface area contributed by atoms with Crippen molar-refractivity contribution in [3.05, 3.63) is 33.1 Å². The molecule has 0 aliphatic rings. The summed E-state index contributed by atoms with van der Waals surface area (Å²) in [7, 11) is -1.82. The van der Waals surface area contributed by atoms with E-state index < -0.39 is 10.0 Å². The minimum absolute atomic E-state index is 0.112. The molecule has 2 aromatic rings. The summed E-state index contributed by atoms with van der Waals surface area (Å²) in [6.07, 6.45) is 0.557. The minimum atomic E-state index is -3.58. The molecule has 0 bridgehead atoms. The fourth-order valence-corrected chi connectivity index (χ4v) is 4.22. The number of nitrogens with zero attached hydrogens (tertiary/aromatic N) is 1. The molecule has 0 aliphatic heterocycles. The Hall–Kier alpha value is -0.740. The molecule has 6 nitrogen and oxygen atoms in total. The van der Waals surface area contributed by atoms with Gasteiger partial charge in [-0.05, 0) is 23.0 Å². The monoisotopic (exact) mass is 379 g/mol. The second-order valence-corrected chi connectivity index (χ2v) is 7.18. The molecule has 0 saturated heterocycles. The fourth-order valence-electron chi connectivity index (χ4n) is 1.59. The predicted octanol–water partition coefficient (Wildman–Crippen LogP) is 1.74. The Morgan fingerprint density at radius 2 is 2.30 bits per heavy atom. The van der Waals surface area contributed by atoms with Crippen LogP contribution in [-0.2, 0) is 23.0 Å². The highest BCUT2D eigenvalue weighted by Gasteiger charge is 2.21.